The van der Waals surface area contributed by atoms with Gasteiger partial charge in [-0.15, -0.1) is 0 Å². The van der Waals surface area contributed by atoms with Crippen molar-refractivity contribution in [2.75, 3.05) is 20.3 Å². The number of hydrogen-bond acceptors (Lipinski definition) is 11. The summed E-state index contributed by atoms with van der Waals surface area (Å²) in [6.07, 6.45) is -14.8. The van der Waals surface area contributed by atoms with Crippen LogP contribution in [0.5, 0.6) is 0 Å². The van der Waals surface area contributed by atoms with Crippen molar-refractivity contribution >= 4 is 0 Å². The highest BCUT2D eigenvalue weighted by molar-refractivity contribution is 4.93. The van der Waals surface area contributed by atoms with Gasteiger partial charge in [0.2, 0.25) is 0 Å². The van der Waals surface area contributed by atoms with Crippen LogP contribution in [0.3, 0.4) is 0 Å². The molecule has 0 aliphatic carbocycles. The van der Waals surface area contributed by atoms with Gasteiger partial charge >= 0.3 is 0 Å². The number of ether oxygens (including phenoxy) is 4. The molecule has 0 radical (unpaired) electrons. The molecule has 24 heavy (non-hydrogen) atoms. The lowest BCUT2D eigenvalue weighted by Crippen LogP contribution is -2.64. The fraction of sp³-hybridized carbons (Fsp3) is 1.00. The summed E-state index contributed by atoms with van der Waals surface area (Å²) in [6.45, 7) is -0.750. The van der Waals surface area contributed by atoms with Crippen LogP contribution in [0.4, 0.5) is 0 Å². The van der Waals surface area contributed by atoms with Crippen molar-refractivity contribution in [3.63, 3.8) is 0 Å². The third kappa shape index (κ3) is 3.86. The van der Waals surface area contributed by atoms with Crippen LogP contribution in [-0.4, -0.2) is 117 Å². The van der Waals surface area contributed by atoms with E-state index in [2.05, 4.69) is 0 Å². The van der Waals surface area contributed by atoms with Gasteiger partial charge in [0.15, 0.2) is 12.6 Å². The van der Waals surface area contributed by atoms with E-state index in [4.69, 9.17) is 18.9 Å². The third-order valence-electron chi connectivity index (χ3n) is 4.13. The van der Waals surface area contributed by atoms with Crippen LogP contribution in [0.25, 0.3) is 0 Å². The Morgan fingerprint density at radius 2 is 1.46 bits per heavy atom. The fourth-order valence-electron chi connectivity index (χ4n) is 2.72. The molecule has 0 aromatic carbocycles. The Hall–Kier alpha value is -0.440. The van der Waals surface area contributed by atoms with Gasteiger partial charge in [0, 0.05) is 7.11 Å². The topological polar surface area (TPSA) is 179 Å². The van der Waals surface area contributed by atoms with Crippen LogP contribution < -0.4 is 0 Å². The molecule has 2 rings (SSSR count). The maximum absolute atomic E-state index is 10.0. The van der Waals surface area contributed by atoms with Crippen LogP contribution in [0.2, 0.25) is 0 Å². The molecule has 10 atom stereocenters. The Balaban J connectivity index is 2.11. The predicted octanol–water partition coefficient (Wildman–Crippen LogP) is -4.74. The van der Waals surface area contributed by atoms with E-state index in [0.29, 0.717) is 0 Å². The second kappa shape index (κ2) is 8.29. The molecule has 0 aromatic rings. The molecule has 11 heteroatoms. The highest BCUT2D eigenvalue weighted by atomic mass is 16.7. The summed E-state index contributed by atoms with van der Waals surface area (Å²) in [6, 6.07) is 0. The molecule has 2 heterocycles. The molecule has 2 saturated heterocycles. The standard InChI is InChI=1S/C13H24O11/c1-21-3-5-6(15)7(16)10(19)13(23-5)24-11-4(2-14)22-12(20)9(18)8(11)17/h4-20H,2-3H2,1H3/t4-,5-,6+,7+,8-,9-,10-,11-,12+,13+/m1/s1. The molecule has 0 amide bonds. The van der Waals surface area contributed by atoms with E-state index in [1.54, 1.807) is 0 Å². The van der Waals surface area contributed by atoms with Crippen molar-refractivity contribution in [1.82, 2.24) is 0 Å². The van der Waals surface area contributed by atoms with Crippen molar-refractivity contribution in [1.29, 1.82) is 0 Å². The van der Waals surface area contributed by atoms with Crippen molar-refractivity contribution < 1.29 is 54.7 Å². The molecule has 7 N–H and O–H groups in total. The Morgan fingerprint density at radius 1 is 0.792 bits per heavy atom. The molecule has 0 aromatic heterocycles. The Kier molecular flexibility index (Phi) is 6.87. The summed E-state index contributed by atoms with van der Waals surface area (Å²) in [5.74, 6) is 0. The molecule has 2 fully saturated rings. The van der Waals surface area contributed by atoms with Gasteiger partial charge in [-0.2, -0.15) is 0 Å². The molecule has 142 valence electrons. The second-order valence-electron chi connectivity index (χ2n) is 5.80. The minimum absolute atomic E-state index is 0.0979. The molecule has 2 aliphatic rings. The van der Waals surface area contributed by atoms with Crippen molar-refractivity contribution in [2.24, 2.45) is 0 Å². The zero-order valence-corrected chi connectivity index (χ0v) is 13.0. The fourth-order valence-corrected chi connectivity index (χ4v) is 2.72. The zero-order chi connectivity index (χ0) is 18.0. The van der Waals surface area contributed by atoms with Crippen LogP contribution in [0, 0.1) is 0 Å². The number of aliphatic hydroxyl groups excluding tert-OH is 7. The van der Waals surface area contributed by atoms with Crippen LogP contribution in [0.1, 0.15) is 0 Å². The lowest BCUT2D eigenvalue weighted by Gasteiger charge is -2.45. The zero-order valence-electron chi connectivity index (χ0n) is 13.0. The number of rotatable bonds is 5. The monoisotopic (exact) mass is 356 g/mol. The third-order valence-corrected chi connectivity index (χ3v) is 4.13. The van der Waals surface area contributed by atoms with Crippen LogP contribution >= 0.6 is 0 Å². The van der Waals surface area contributed by atoms with E-state index in [-0.39, 0.29) is 6.61 Å². The predicted molar refractivity (Wildman–Crippen MR) is 73.4 cm³/mol. The minimum atomic E-state index is -1.72. The van der Waals surface area contributed by atoms with Gasteiger partial charge in [-0.05, 0) is 0 Å². The van der Waals surface area contributed by atoms with Gasteiger partial charge < -0.3 is 54.7 Å². The molecule has 2 aliphatic heterocycles. The summed E-state index contributed by atoms with van der Waals surface area (Å²) in [5.41, 5.74) is 0. The van der Waals surface area contributed by atoms with Crippen molar-refractivity contribution in [3.8, 4) is 0 Å². The Bertz CT molecular complexity index is 394. The largest absolute Gasteiger partial charge is 0.394 e. The van der Waals surface area contributed by atoms with E-state index in [9.17, 15) is 35.7 Å². The molecule has 0 saturated carbocycles. The number of methoxy groups -OCH3 is 1. The molecular formula is C13H24O11. The average molecular weight is 356 g/mol. The van der Waals surface area contributed by atoms with E-state index >= 15 is 0 Å². The van der Waals surface area contributed by atoms with E-state index < -0.39 is 68.0 Å². The van der Waals surface area contributed by atoms with Gasteiger partial charge in [-0.25, -0.2) is 0 Å². The van der Waals surface area contributed by atoms with Crippen LogP contribution in [-0.2, 0) is 18.9 Å². The number of hydrogen-bond donors (Lipinski definition) is 7. The van der Waals surface area contributed by atoms with Gasteiger partial charge in [0.25, 0.3) is 0 Å². The van der Waals surface area contributed by atoms with E-state index in [0.717, 1.165) is 0 Å². The van der Waals surface area contributed by atoms with E-state index in [1.807, 2.05) is 0 Å². The first kappa shape index (κ1) is 19.9. The smallest absolute Gasteiger partial charge is 0.187 e. The SMILES string of the molecule is COC[C@H]1O[C@@H](O[C@H]2[C@H](O)[C@@H](O)[C@@H](O)O[C@@H]2CO)[C@H](O)[C@@H](O)[C@H]1O. The summed E-state index contributed by atoms with van der Waals surface area (Å²) >= 11 is 0. The maximum atomic E-state index is 10.0. The molecular weight excluding hydrogens is 332 g/mol. The highest BCUT2D eigenvalue weighted by Crippen LogP contribution is 2.28. The summed E-state index contributed by atoms with van der Waals surface area (Å²) < 4.78 is 20.5. The lowest BCUT2D eigenvalue weighted by atomic mass is 9.97. The first-order valence-corrected chi connectivity index (χ1v) is 7.46. The molecule has 0 unspecified atom stereocenters. The molecule has 11 nitrogen and oxygen atoms in total. The van der Waals surface area contributed by atoms with Gasteiger partial charge in [-0.1, -0.05) is 0 Å². The van der Waals surface area contributed by atoms with Gasteiger partial charge in [0.05, 0.1) is 13.2 Å². The van der Waals surface area contributed by atoms with Crippen LogP contribution in [0.15, 0.2) is 0 Å². The molecule has 0 spiro atoms. The summed E-state index contributed by atoms with van der Waals surface area (Å²) in [5, 5.41) is 68.1. The normalized spacial score (nSPS) is 50.0. The lowest BCUT2D eigenvalue weighted by molar-refractivity contribution is -0.355. The minimum Gasteiger partial charge on any atom is -0.394 e. The van der Waals surface area contributed by atoms with Gasteiger partial charge in [-0.3, -0.25) is 0 Å². The quantitative estimate of drug-likeness (QED) is 0.251. The first-order valence-electron chi connectivity index (χ1n) is 7.46. The number of aliphatic hydroxyl groups is 7. The highest BCUT2D eigenvalue weighted by Gasteiger charge is 2.50. The average Bonchev–Trinajstić information content (AvgIpc) is 2.57. The Morgan fingerprint density at radius 3 is 2.04 bits per heavy atom. The van der Waals surface area contributed by atoms with E-state index in [1.165, 1.54) is 7.11 Å². The van der Waals surface area contributed by atoms with Crippen molar-refractivity contribution in [2.45, 2.75) is 61.4 Å². The maximum Gasteiger partial charge on any atom is 0.187 e. The Labute approximate surface area is 137 Å². The van der Waals surface area contributed by atoms with Crippen molar-refractivity contribution in [3.05, 3.63) is 0 Å². The summed E-state index contributed by atoms with van der Waals surface area (Å²) in [4.78, 5) is 0. The second-order valence-corrected chi connectivity index (χ2v) is 5.80. The molecule has 0 bridgehead atoms. The van der Waals surface area contributed by atoms with Gasteiger partial charge in [0.1, 0.15) is 48.8 Å². The summed E-state index contributed by atoms with van der Waals surface area (Å²) in [7, 11) is 1.35. The first-order chi connectivity index (χ1) is 11.3.